The highest BCUT2D eigenvalue weighted by molar-refractivity contribution is 6.46. The van der Waals surface area contributed by atoms with E-state index in [9.17, 15) is 19.5 Å². The maximum absolute atomic E-state index is 13.8. The van der Waals surface area contributed by atoms with Gasteiger partial charge in [-0.25, -0.2) is 4.79 Å². The highest BCUT2D eigenvalue weighted by Gasteiger charge is 2.44. The normalized spacial score (nSPS) is 22.8. The first-order valence-electron chi connectivity index (χ1n) is 13.0. The summed E-state index contributed by atoms with van der Waals surface area (Å²) in [5.74, 6) is -1.68. The van der Waals surface area contributed by atoms with Crippen molar-refractivity contribution in [2.45, 2.75) is 31.9 Å². The lowest BCUT2D eigenvalue weighted by Gasteiger charge is -2.29. The van der Waals surface area contributed by atoms with E-state index in [0.29, 0.717) is 49.3 Å². The van der Waals surface area contributed by atoms with E-state index in [-0.39, 0.29) is 11.7 Å². The van der Waals surface area contributed by atoms with Crippen LogP contribution in [0, 0.1) is 0 Å². The lowest BCUT2D eigenvalue weighted by molar-refractivity contribution is -0.908. The molecule has 3 aliphatic heterocycles. The summed E-state index contributed by atoms with van der Waals surface area (Å²) in [6, 6.07) is 10.8. The van der Waals surface area contributed by atoms with Crippen LogP contribution in [0.4, 0.5) is 0 Å². The number of carbonyl (C=O) groups excluding carboxylic acids is 3. The Labute approximate surface area is 221 Å². The summed E-state index contributed by atoms with van der Waals surface area (Å²) in [4.78, 5) is 41.4. The van der Waals surface area contributed by atoms with Crippen LogP contribution < -0.4 is 14.7 Å². The Kier molecular flexibility index (Phi) is 7.49. The molecule has 2 unspecified atom stereocenters. The number of fused-ring (bicyclic) bond motifs is 1. The number of hydrogen-bond acceptors (Lipinski definition) is 7. The van der Waals surface area contributed by atoms with E-state index in [1.165, 1.54) is 16.9 Å². The Bertz CT molecular complexity index is 1260. The van der Waals surface area contributed by atoms with E-state index in [2.05, 4.69) is 0 Å². The molecule has 1 amide bonds. The molecule has 0 bridgehead atoms. The lowest BCUT2D eigenvalue weighted by atomic mass is 9.94. The van der Waals surface area contributed by atoms with Crippen LogP contribution in [0.15, 0.2) is 48.0 Å². The maximum Gasteiger partial charge on any atom is 0.337 e. The van der Waals surface area contributed by atoms with Crippen molar-refractivity contribution in [2.24, 2.45) is 0 Å². The average molecular weight is 521 g/mol. The summed E-state index contributed by atoms with van der Waals surface area (Å²) in [5.41, 5.74) is 2.14. The quantitative estimate of drug-likeness (QED) is 0.243. The number of nitrogens with one attached hydrogen (secondary N) is 1. The number of benzene rings is 2. The molecule has 9 nitrogen and oxygen atoms in total. The number of quaternary nitrogens is 1. The predicted molar refractivity (Wildman–Crippen MR) is 135 cm³/mol. The van der Waals surface area contributed by atoms with Crippen molar-refractivity contribution >= 4 is 23.4 Å². The number of methoxy groups -OCH3 is 1. The molecular weight excluding hydrogens is 488 g/mol. The van der Waals surface area contributed by atoms with Crippen LogP contribution in [0.2, 0.25) is 0 Å². The zero-order chi connectivity index (χ0) is 26.8. The summed E-state index contributed by atoms with van der Waals surface area (Å²) in [7, 11) is 1.30. The number of ketones is 1. The molecule has 9 heteroatoms. The molecule has 2 atom stereocenters. The zero-order valence-electron chi connectivity index (χ0n) is 21.7. The van der Waals surface area contributed by atoms with Crippen LogP contribution in [0.3, 0.4) is 0 Å². The standard InChI is InChI=1S/C29H32N2O7/c1-18-16-22-17-21(8-9-23(22)38-18)26(32)24-25(19-4-6-20(7-5-19)29(35)36-2)31(28(34)27(24)33)11-3-10-30-12-14-37-15-13-30/h4-9,17-18,25,32H,3,10-16H2,1-2H3/b26-24+. The van der Waals surface area contributed by atoms with Crippen LogP contribution in [0.25, 0.3) is 5.76 Å². The molecule has 200 valence electrons. The number of carbonyl (C=O) groups is 3. The van der Waals surface area contributed by atoms with Crippen LogP contribution in [-0.4, -0.2) is 75.2 Å². The molecule has 2 saturated heterocycles. The van der Waals surface area contributed by atoms with Gasteiger partial charge in [-0.3, -0.25) is 9.59 Å². The van der Waals surface area contributed by atoms with Crippen LogP contribution in [0.1, 0.15) is 46.4 Å². The number of esters is 1. The fourth-order valence-corrected chi connectivity index (χ4v) is 5.50. The van der Waals surface area contributed by atoms with Gasteiger partial charge in [0.05, 0.1) is 38.5 Å². The summed E-state index contributed by atoms with van der Waals surface area (Å²) in [5, 5.41) is 13.8. The number of morpholine rings is 1. The van der Waals surface area contributed by atoms with Gasteiger partial charge in [-0.05, 0) is 47.9 Å². The van der Waals surface area contributed by atoms with Gasteiger partial charge in [-0.1, -0.05) is 24.0 Å². The second kappa shape index (κ2) is 11.0. The van der Waals surface area contributed by atoms with Gasteiger partial charge in [0.2, 0.25) is 5.78 Å². The van der Waals surface area contributed by atoms with E-state index in [0.717, 1.165) is 30.9 Å². The highest BCUT2D eigenvalue weighted by atomic mass is 16.5. The van der Waals surface area contributed by atoms with Gasteiger partial charge < -0.3 is 29.1 Å². The van der Waals surface area contributed by atoms with E-state index >= 15 is 0 Å². The van der Waals surface area contributed by atoms with Gasteiger partial charge in [0.25, 0.3) is 5.91 Å². The van der Waals surface area contributed by atoms with Crippen LogP contribution >= 0.6 is 0 Å². The molecule has 38 heavy (non-hydrogen) atoms. The van der Waals surface area contributed by atoms with E-state index in [4.69, 9.17) is 14.2 Å². The minimum Gasteiger partial charge on any atom is -0.872 e. The van der Waals surface area contributed by atoms with E-state index in [1.807, 2.05) is 6.92 Å². The molecule has 2 aromatic carbocycles. The van der Waals surface area contributed by atoms with E-state index in [1.54, 1.807) is 42.5 Å². The fraction of sp³-hybridized carbons (Fsp3) is 0.414. The molecule has 1 N–H and O–H groups in total. The third kappa shape index (κ3) is 5.04. The number of hydrogen-bond donors (Lipinski definition) is 1. The molecule has 5 rings (SSSR count). The van der Waals surface area contributed by atoms with E-state index < -0.39 is 29.5 Å². The summed E-state index contributed by atoms with van der Waals surface area (Å²) in [6.45, 7) is 6.36. The van der Waals surface area contributed by atoms with Crippen molar-refractivity contribution in [3.8, 4) is 5.75 Å². The first-order chi connectivity index (χ1) is 18.4. The minimum atomic E-state index is -0.836. The smallest absolute Gasteiger partial charge is 0.337 e. The Morgan fingerprint density at radius 3 is 2.53 bits per heavy atom. The second-order valence-corrected chi connectivity index (χ2v) is 10.0. The monoisotopic (exact) mass is 520 g/mol. The molecule has 3 aliphatic rings. The van der Waals surface area contributed by atoms with Crippen LogP contribution in [-0.2, 0) is 25.5 Å². The molecule has 2 fully saturated rings. The molecule has 2 aromatic rings. The third-order valence-corrected chi connectivity index (χ3v) is 7.46. The van der Waals surface area contributed by atoms with Crippen LogP contribution in [0.5, 0.6) is 5.75 Å². The van der Waals surface area contributed by atoms with Crippen molar-refractivity contribution in [3.05, 3.63) is 70.3 Å². The Morgan fingerprint density at radius 2 is 1.82 bits per heavy atom. The van der Waals surface area contributed by atoms with Gasteiger partial charge in [-0.2, -0.15) is 0 Å². The molecule has 0 saturated carbocycles. The number of Topliss-reactive ketones (excluding diaryl/α,β-unsaturated/α-hetero) is 1. The van der Waals surface area contributed by atoms with Gasteiger partial charge in [0.1, 0.15) is 24.9 Å². The maximum atomic E-state index is 13.8. The van der Waals surface area contributed by atoms with Crippen molar-refractivity contribution < 1.29 is 38.6 Å². The average Bonchev–Trinajstić information content (AvgIpc) is 3.44. The number of rotatable bonds is 7. The molecule has 0 spiro atoms. The molecular formula is C29H32N2O7. The summed E-state index contributed by atoms with van der Waals surface area (Å²) >= 11 is 0. The van der Waals surface area contributed by atoms with Gasteiger partial charge in [-0.15, -0.1) is 0 Å². The lowest BCUT2D eigenvalue weighted by Crippen LogP contribution is -3.14. The fourth-order valence-electron chi connectivity index (χ4n) is 5.50. The molecule has 0 radical (unpaired) electrons. The topological polar surface area (TPSA) is 110 Å². The van der Waals surface area contributed by atoms with Crippen molar-refractivity contribution in [3.63, 3.8) is 0 Å². The number of likely N-dealkylation sites (tertiary alicyclic amines) is 1. The molecule has 3 heterocycles. The molecule has 0 aliphatic carbocycles. The Morgan fingerprint density at radius 1 is 1.11 bits per heavy atom. The minimum absolute atomic E-state index is 0.0165. The number of ether oxygens (including phenoxy) is 3. The predicted octanol–water partition coefficient (Wildman–Crippen LogP) is 0.326. The second-order valence-electron chi connectivity index (χ2n) is 10.0. The number of amides is 1. The molecule has 0 aromatic heterocycles. The van der Waals surface area contributed by atoms with Gasteiger partial charge in [0.15, 0.2) is 0 Å². The largest absolute Gasteiger partial charge is 0.872 e. The highest BCUT2D eigenvalue weighted by Crippen LogP contribution is 2.40. The summed E-state index contributed by atoms with van der Waals surface area (Å²) < 4.78 is 16.0. The van der Waals surface area contributed by atoms with Crippen molar-refractivity contribution in [1.29, 1.82) is 0 Å². The SMILES string of the molecule is COC(=O)c1ccc(C2/C(=C(\[O-])c3ccc4c(c3)CC(C)O4)C(=O)C(=O)N2CCC[NH+]2CCOCC2)cc1. The van der Waals surface area contributed by atoms with Crippen molar-refractivity contribution in [2.75, 3.05) is 46.5 Å². The third-order valence-electron chi connectivity index (χ3n) is 7.46. The first kappa shape index (κ1) is 25.9. The Hall–Kier alpha value is -3.69. The first-order valence-corrected chi connectivity index (χ1v) is 13.0. The Balaban J connectivity index is 1.49. The number of nitrogens with zero attached hydrogens (tertiary/aromatic N) is 1. The van der Waals surface area contributed by atoms with Gasteiger partial charge >= 0.3 is 5.97 Å². The summed E-state index contributed by atoms with van der Waals surface area (Å²) in [6.07, 6.45) is 1.37. The zero-order valence-corrected chi connectivity index (χ0v) is 21.7. The van der Waals surface area contributed by atoms with Crippen molar-refractivity contribution in [1.82, 2.24) is 4.90 Å². The van der Waals surface area contributed by atoms with Gasteiger partial charge in [0, 0.05) is 25.0 Å².